The number of nitrogens with zero attached hydrogens (tertiary/aromatic N) is 4. The second-order valence-electron chi connectivity index (χ2n) is 5.67. The number of hydrogen-bond acceptors (Lipinski definition) is 5. The van der Waals surface area contributed by atoms with Gasteiger partial charge in [-0.15, -0.1) is 0 Å². The number of ether oxygens (including phenoxy) is 1. The summed E-state index contributed by atoms with van der Waals surface area (Å²) in [5, 5.41) is 4.18. The molecule has 0 radical (unpaired) electrons. The average Bonchev–Trinajstić information content (AvgIpc) is 3.14. The van der Waals surface area contributed by atoms with Gasteiger partial charge in [-0.25, -0.2) is 8.42 Å². The third-order valence-corrected chi connectivity index (χ3v) is 6.16. The number of piperazine rings is 1. The molecule has 0 amide bonds. The molecular weight excluding hydrogens is 328 g/mol. The molecule has 130 valence electrons. The number of para-hydroxylation sites is 1. The van der Waals surface area contributed by atoms with Gasteiger partial charge in [0.25, 0.3) is 0 Å². The third-order valence-electron chi connectivity index (χ3n) is 4.22. The lowest BCUT2D eigenvalue weighted by molar-refractivity contribution is 0.181. The van der Waals surface area contributed by atoms with Crippen molar-refractivity contribution < 1.29 is 13.2 Å². The first-order valence-corrected chi connectivity index (χ1v) is 9.38. The molecule has 24 heavy (non-hydrogen) atoms. The minimum Gasteiger partial charge on any atom is -0.495 e. The summed E-state index contributed by atoms with van der Waals surface area (Å²) in [7, 11) is -2.03. The van der Waals surface area contributed by atoms with Gasteiger partial charge in [0, 0.05) is 45.1 Å². The minimum atomic E-state index is -3.52. The molecule has 2 heterocycles. The van der Waals surface area contributed by atoms with Gasteiger partial charge in [0.15, 0.2) is 0 Å². The first kappa shape index (κ1) is 16.9. The van der Waals surface area contributed by atoms with E-state index in [0.29, 0.717) is 18.8 Å². The topological polar surface area (TPSA) is 67.7 Å². The summed E-state index contributed by atoms with van der Waals surface area (Å²) in [6.45, 7) is 4.08. The molecule has 0 spiro atoms. The van der Waals surface area contributed by atoms with Crippen LogP contribution in [0.15, 0.2) is 47.6 Å². The highest BCUT2D eigenvalue weighted by Crippen LogP contribution is 2.26. The van der Waals surface area contributed by atoms with Crippen molar-refractivity contribution in [3.05, 3.63) is 42.7 Å². The Hall–Kier alpha value is -1.90. The lowest BCUT2D eigenvalue weighted by atomic mass is 10.3. The van der Waals surface area contributed by atoms with E-state index in [1.807, 2.05) is 16.9 Å². The van der Waals surface area contributed by atoms with E-state index in [0.717, 1.165) is 26.2 Å². The van der Waals surface area contributed by atoms with Gasteiger partial charge in [-0.3, -0.25) is 9.58 Å². The van der Waals surface area contributed by atoms with Gasteiger partial charge >= 0.3 is 0 Å². The molecule has 1 aliphatic rings. The van der Waals surface area contributed by atoms with Crippen LogP contribution in [0.4, 0.5) is 0 Å². The highest BCUT2D eigenvalue weighted by Gasteiger charge is 2.30. The van der Waals surface area contributed by atoms with Gasteiger partial charge < -0.3 is 4.74 Å². The second kappa shape index (κ2) is 7.33. The molecule has 1 aromatic carbocycles. The van der Waals surface area contributed by atoms with Crippen molar-refractivity contribution in [2.24, 2.45) is 0 Å². The normalized spacial score (nSPS) is 17.0. The van der Waals surface area contributed by atoms with E-state index in [1.54, 1.807) is 30.5 Å². The van der Waals surface area contributed by atoms with Crippen LogP contribution in [0.1, 0.15) is 0 Å². The Morgan fingerprint density at radius 3 is 2.50 bits per heavy atom. The van der Waals surface area contributed by atoms with Crippen LogP contribution in [0.2, 0.25) is 0 Å². The molecule has 7 nitrogen and oxygen atoms in total. The molecule has 3 rings (SSSR count). The Morgan fingerprint density at radius 2 is 1.83 bits per heavy atom. The van der Waals surface area contributed by atoms with E-state index < -0.39 is 10.0 Å². The van der Waals surface area contributed by atoms with E-state index >= 15 is 0 Å². The fourth-order valence-corrected chi connectivity index (χ4v) is 4.42. The molecular formula is C16H22N4O3S. The third kappa shape index (κ3) is 3.61. The lowest BCUT2D eigenvalue weighted by Crippen LogP contribution is -2.49. The summed E-state index contributed by atoms with van der Waals surface area (Å²) >= 11 is 0. The van der Waals surface area contributed by atoms with Gasteiger partial charge in [0.05, 0.1) is 13.7 Å². The van der Waals surface area contributed by atoms with Crippen LogP contribution in [0, 0.1) is 0 Å². The Kier molecular flexibility index (Phi) is 5.17. The number of aromatic nitrogens is 2. The number of rotatable bonds is 6. The Balaban J connectivity index is 1.61. The lowest BCUT2D eigenvalue weighted by Gasteiger charge is -2.34. The highest BCUT2D eigenvalue weighted by atomic mass is 32.2. The Labute approximate surface area is 142 Å². The molecule has 1 saturated heterocycles. The number of benzene rings is 1. The van der Waals surface area contributed by atoms with Crippen molar-refractivity contribution in [2.75, 3.05) is 39.8 Å². The summed E-state index contributed by atoms with van der Waals surface area (Å²) in [5.41, 5.74) is 0. The number of sulfonamides is 1. The van der Waals surface area contributed by atoms with Crippen LogP contribution < -0.4 is 4.74 Å². The summed E-state index contributed by atoms with van der Waals surface area (Å²) < 4.78 is 34.3. The van der Waals surface area contributed by atoms with Crippen molar-refractivity contribution in [3.8, 4) is 5.75 Å². The molecule has 0 aliphatic carbocycles. The molecule has 0 N–H and O–H groups in total. The van der Waals surface area contributed by atoms with Crippen LogP contribution in [0.5, 0.6) is 5.75 Å². The van der Waals surface area contributed by atoms with E-state index in [1.165, 1.54) is 11.4 Å². The smallest absolute Gasteiger partial charge is 0.246 e. The molecule has 0 unspecified atom stereocenters. The Bertz CT molecular complexity index is 753. The molecule has 1 aromatic heterocycles. The van der Waals surface area contributed by atoms with Gasteiger partial charge in [-0.1, -0.05) is 12.1 Å². The van der Waals surface area contributed by atoms with E-state index in [2.05, 4.69) is 10.00 Å². The fourth-order valence-electron chi connectivity index (χ4n) is 2.84. The largest absolute Gasteiger partial charge is 0.495 e. The predicted octanol–water partition coefficient (Wildman–Crippen LogP) is 0.898. The summed E-state index contributed by atoms with van der Waals surface area (Å²) in [6.07, 6.45) is 3.69. The van der Waals surface area contributed by atoms with Crippen LogP contribution >= 0.6 is 0 Å². The van der Waals surface area contributed by atoms with Crippen molar-refractivity contribution in [3.63, 3.8) is 0 Å². The summed E-state index contributed by atoms with van der Waals surface area (Å²) in [4.78, 5) is 2.49. The van der Waals surface area contributed by atoms with Crippen LogP contribution in [0.25, 0.3) is 0 Å². The summed E-state index contributed by atoms with van der Waals surface area (Å²) in [6, 6.07) is 8.66. The standard InChI is InChI=1S/C16H22N4O3S/c1-23-15-5-2-3-6-16(15)24(21,22)20-13-10-18(11-14-20)9-12-19-8-4-7-17-19/h2-8H,9-14H2,1H3. The molecule has 1 aliphatic heterocycles. The van der Waals surface area contributed by atoms with Crippen LogP contribution in [-0.2, 0) is 16.6 Å². The second-order valence-corrected chi connectivity index (χ2v) is 7.57. The monoisotopic (exact) mass is 350 g/mol. The zero-order valence-electron chi connectivity index (χ0n) is 13.7. The SMILES string of the molecule is COc1ccccc1S(=O)(=O)N1CCN(CCn2cccn2)CC1. The first-order valence-electron chi connectivity index (χ1n) is 7.94. The van der Waals surface area contributed by atoms with E-state index in [9.17, 15) is 8.42 Å². The van der Waals surface area contributed by atoms with Gasteiger partial charge in [0.1, 0.15) is 10.6 Å². The van der Waals surface area contributed by atoms with Gasteiger partial charge in [0.2, 0.25) is 10.0 Å². The molecule has 1 fully saturated rings. The Morgan fingerprint density at radius 1 is 1.08 bits per heavy atom. The van der Waals surface area contributed by atoms with Crippen molar-refractivity contribution in [1.29, 1.82) is 0 Å². The highest BCUT2D eigenvalue weighted by molar-refractivity contribution is 7.89. The van der Waals surface area contributed by atoms with Crippen molar-refractivity contribution >= 4 is 10.0 Å². The van der Waals surface area contributed by atoms with Gasteiger partial charge in [-0.05, 0) is 18.2 Å². The maximum Gasteiger partial charge on any atom is 0.246 e. The fraction of sp³-hybridized carbons (Fsp3) is 0.438. The molecule has 0 atom stereocenters. The zero-order chi connectivity index (χ0) is 17.0. The first-order chi connectivity index (χ1) is 11.6. The van der Waals surface area contributed by atoms with Crippen molar-refractivity contribution in [1.82, 2.24) is 19.0 Å². The van der Waals surface area contributed by atoms with E-state index in [4.69, 9.17) is 4.74 Å². The molecule has 0 saturated carbocycles. The molecule has 8 heteroatoms. The van der Waals surface area contributed by atoms with E-state index in [-0.39, 0.29) is 4.90 Å². The minimum absolute atomic E-state index is 0.234. The molecule has 0 bridgehead atoms. The van der Waals surface area contributed by atoms with Crippen molar-refractivity contribution in [2.45, 2.75) is 11.4 Å². The average molecular weight is 350 g/mol. The predicted molar refractivity (Wildman–Crippen MR) is 90.4 cm³/mol. The maximum absolute atomic E-state index is 12.8. The molecule has 2 aromatic rings. The van der Waals surface area contributed by atoms with Gasteiger partial charge in [-0.2, -0.15) is 9.40 Å². The summed E-state index contributed by atoms with van der Waals surface area (Å²) in [5.74, 6) is 0.388. The number of methoxy groups -OCH3 is 1. The number of hydrogen-bond donors (Lipinski definition) is 0. The van der Waals surface area contributed by atoms with Crippen LogP contribution in [0.3, 0.4) is 0 Å². The zero-order valence-corrected chi connectivity index (χ0v) is 14.5. The quantitative estimate of drug-likeness (QED) is 0.774. The maximum atomic E-state index is 12.8. The van der Waals surface area contributed by atoms with Crippen LogP contribution in [-0.4, -0.2) is 67.2 Å².